The fourth-order valence-electron chi connectivity index (χ4n) is 3.20. The van der Waals surface area contributed by atoms with Crippen LogP contribution in [0.2, 0.25) is 0 Å². The van der Waals surface area contributed by atoms with E-state index in [0.717, 1.165) is 35.9 Å². The molecule has 0 aliphatic carbocycles. The first-order chi connectivity index (χ1) is 11.4. The van der Waals surface area contributed by atoms with Crippen molar-refractivity contribution in [2.45, 2.75) is 5.92 Å². The van der Waals surface area contributed by atoms with E-state index in [1.807, 2.05) is 36.5 Å². The second-order valence-electron chi connectivity index (χ2n) is 5.95. The molecule has 4 heterocycles. The molecule has 0 atom stereocenters. The number of hydrogen-bond acceptors (Lipinski definition) is 4. The van der Waals surface area contributed by atoms with Crippen LogP contribution >= 0.6 is 0 Å². The average Bonchev–Trinajstić information content (AvgIpc) is 2.98. The van der Waals surface area contributed by atoms with E-state index in [2.05, 4.69) is 43.8 Å². The van der Waals surface area contributed by atoms with Crippen molar-refractivity contribution < 1.29 is 0 Å². The van der Waals surface area contributed by atoms with Crippen LogP contribution in [0.5, 0.6) is 0 Å². The fraction of sp³-hybridized carbons (Fsp3) is 0.167. The molecule has 4 aromatic rings. The van der Waals surface area contributed by atoms with Gasteiger partial charge in [-0.2, -0.15) is 0 Å². The van der Waals surface area contributed by atoms with Crippen molar-refractivity contribution in [3.63, 3.8) is 0 Å². The summed E-state index contributed by atoms with van der Waals surface area (Å²) in [5, 5.41) is 9.78. The van der Waals surface area contributed by atoms with Crippen LogP contribution in [-0.4, -0.2) is 32.7 Å². The monoisotopic (exact) mass is 301 g/mol. The third kappa shape index (κ3) is 1.97. The highest BCUT2D eigenvalue weighted by Gasteiger charge is 2.32. The highest BCUT2D eigenvalue weighted by molar-refractivity contribution is 5.80. The largest absolute Gasteiger partial charge is 0.355 e. The second kappa shape index (κ2) is 4.78. The molecule has 0 spiro atoms. The van der Waals surface area contributed by atoms with Crippen LogP contribution in [0.15, 0.2) is 60.8 Å². The van der Waals surface area contributed by atoms with Crippen LogP contribution in [0, 0.1) is 0 Å². The molecule has 5 rings (SSSR count). The minimum Gasteiger partial charge on any atom is -0.355 e. The molecule has 23 heavy (non-hydrogen) atoms. The number of anilines is 1. The summed E-state index contributed by atoms with van der Waals surface area (Å²) in [5.74, 6) is 2.48. The van der Waals surface area contributed by atoms with Gasteiger partial charge in [0.15, 0.2) is 5.65 Å². The highest BCUT2D eigenvalue weighted by Crippen LogP contribution is 2.30. The Bertz CT molecular complexity index is 1000. The van der Waals surface area contributed by atoms with E-state index in [1.165, 1.54) is 5.39 Å². The quantitative estimate of drug-likeness (QED) is 0.571. The first-order valence-electron chi connectivity index (χ1n) is 7.79. The number of aromatic nitrogens is 4. The van der Waals surface area contributed by atoms with Gasteiger partial charge in [0, 0.05) is 24.7 Å². The fourth-order valence-corrected chi connectivity index (χ4v) is 3.20. The normalized spacial score (nSPS) is 15.2. The lowest BCUT2D eigenvalue weighted by Crippen LogP contribution is -2.46. The standard InChI is InChI=1S/C18H15N5/c1-2-6-15-13(5-1)8-9-16(19-15)22-11-14(12-22)18-21-20-17-7-3-4-10-23(17)18/h1-10,14H,11-12H2. The molecule has 5 heteroatoms. The van der Waals surface area contributed by atoms with Gasteiger partial charge in [-0.3, -0.25) is 4.40 Å². The number of pyridine rings is 2. The maximum atomic E-state index is 4.76. The molecule has 112 valence electrons. The van der Waals surface area contributed by atoms with E-state index in [9.17, 15) is 0 Å². The smallest absolute Gasteiger partial charge is 0.160 e. The van der Waals surface area contributed by atoms with Crippen molar-refractivity contribution in [2.75, 3.05) is 18.0 Å². The third-order valence-corrected chi connectivity index (χ3v) is 4.49. The molecule has 1 fully saturated rings. The molecule has 1 aromatic carbocycles. The van der Waals surface area contributed by atoms with Gasteiger partial charge in [-0.25, -0.2) is 4.98 Å². The van der Waals surface area contributed by atoms with Gasteiger partial charge in [0.1, 0.15) is 11.6 Å². The van der Waals surface area contributed by atoms with E-state index in [1.54, 1.807) is 0 Å². The second-order valence-corrected chi connectivity index (χ2v) is 5.95. The lowest BCUT2D eigenvalue weighted by molar-refractivity contribution is 0.493. The van der Waals surface area contributed by atoms with Crippen molar-refractivity contribution >= 4 is 22.4 Å². The van der Waals surface area contributed by atoms with Gasteiger partial charge >= 0.3 is 0 Å². The molecule has 5 nitrogen and oxygen atoms in total. The minimum absolute atomic E-state index is 0.403. The lowest BCUT2D eigenvalue weighted by atomic mass is 9.99. The van der Waals surface area contributed by atoms with Gasteiger partial charge in [-0.05, 0) is 30.3 Å². The number of fused-ring (bicyclic) bond motifs is 2. The number of benzene rings is 1. The van der Waals surface area contributed by atoms with Crippen LogP contribution in [-0.2, 0) is 0 Å². The number of nitrogens with zero attached hydrogens (tertiary/aromatic N) is 5. The van der Waals surface area contributed by atoms with Crippen LogP contribution in [0.1, 0.15) is 11.7 Å². The molecule has 0 saturated carbocycles. The van der Waals surface area contributed by atoms with Crippen LogP contribution in [0.3, 0.4) is 0 Å². The van der Waals surface area contributed by atoms with E-state index >= 15 is 0 Å². The molecule has 0 bridgehead atoms. The van der Waals surface area contributed by atoms with Gasteiger partial charge in [0.05, 0.1) is 11.4 Å². The third-order valence-electron chi connectivity index (χ3n) is 4.49. The molecule has 0 N–H and O–H groups in total. The lowest BCUT2D eigenvalue weighted by Gasteiger charge is -2.39. The summed E-state index contributed by atoms with van der Waals surface area (Å²) in [6, 6.07) is 18.4. The molecule has 1 aliphatic heterocycles. The minimum atomic E-state index is 0.403. The summed E-state index contributed by atoms with van der Waals surface area (Å²) in [5.41, 5.74) is 1.95. The molecule has 0 radical (unpaired) electrons. The van der Waals surface area contributed by atoms with Gasteiger partial charge in [-0.15, -0.1) is 10.2 Å². The average molecular weight is 301 g/mol. The maximum absolute atomic E-state index is 4.76. The summed E-state index contributed by atoms with van der Waals surface area (Å²) in [4.78, 5) is 7.05. The zero-order valence-corrected chi connectivity index (χ0v) is 12.5. The Balaban J connectivity index is 1.41. The van der Waals surface area contributed by atoms with E-state index in [4.69, 9.17) is 4.98 Å². The molecule has 1 aliphatic rings. The summed E-state index contributed by atoms with van der Waals surface area (Å²) >= 11 is 0. The van der Waals surface area contributed by atoms with Crippen LogP contribution < -0.4 is 4.90 Å². The number of hydrogen-bond donors (Lipinski definition) is 0. The number of rotatable bonds is 2. The van der Waals surface area contributed by atoms with E-state index in [-0.39, 0.29) is 0 Å². The van der Waals surface area contributed by atoms with Crippen molar-refractivity contribution in [1.29, 1.82) is 0 Å². The topological polar surface area (TPSA) is 46.3 Å². The Hall–Kier alpha value is -2.95. The number of para-hydroxylation sites is 1. The van der Waals surface area contributed by atoms with Crippen LogP contribution in [0.25, 0.3) is 16.6 Å². The summed E-state index contributed by atoms with van der Waals surface area (Å²) < 4.78 is 2.08. The molecular formula is C18H15N5. The van der Waals surface area contributed by atoms with Gasteiger partial charge in [-0.1, -0.05) is 24.3 Å². The predicted molar refractivity (Wildman–Crippen MR) is 89.7 cm³/mol. The van der Waals surface area contributed by atoms with Crippen molar-refractivity contribution in [1.82, 2.24) is 19.6 Å². The SMILES string of the molecule is c1ccc2nc(N3CC(c4nnc5ccccn45)C3)ccc2c1. The van der Waals surface area contributed by atoms with Gasteiger partial charge in [0.2, 0.25) is 0 Å². The molecule has 0 unspecified atom stereocenters. The summed E-state index contributed by atoms with van der Waals surface area (Å²) in [6.07, 6.45) is 2.03. The molecular weight excluding hydrogens is 286 g/mol. The molecule has 0 amide bonds. The Morgan fingerprint density at radius 1 is 0.870 bits per heavy atom. The summed E-state index contributed by atoms with van der Waals surface area (Å²) in [6.45, 7) is 1.86. The van der Waals surface area contributed by atoms with Crippen molar-refractivity contribution in [2.24, 2.45) is 0 Å². The Morgan fingerprint density at radius 2 is 1.74 bits per heavy atom. The highest BCUT2D eigenvalue weighted by atomic mass is 15.3. The molecule has 1 saturated heterocycles. The molecule has 3 aromatic heterocycles. The van der Waals surface area contributed by atoms with Crippen molar-refractivity contribution in [3.05, 3.63) is 66.6 Å². The first-order valence-corrected chi connectivity index (χ1v) is 7.79. The Morgan fingerprint density at radius 3 is 2.70 bits per heavy atom. The van der Waals surface area contributed by atoms with Gasteiger partial charge in [0.25, 0.3) is 0 Å². The predicted octanol–water partition coefficient (Wildman–Crippen LogP) is 2.88. The van der Waals surface area contributed by atoms with E-state index < -0.39 is 0 Å². The maximum Gasteiger partial charge on any atom is 0.160 e. The first kappa shape index (κ1) is 12.6. The van der Waals surface area contributed by atoms with E-state index in [0.29, 0.717) is 5.92 Å². The van der Waals surface area contributed by atoms with Crippen molar-refractivity contribution in [3.8, 4) is 0 Å². The van der Waals surface area contributed by atoms with Crippen LogP contribution in [0.4, 0.5) is 5.82 Å². The zero-order chi connectivity index (χ0) is 15.2. The summed E-state index contributed by atoms with van der Waals surface area (Å²) in [7, 11) is 0. The Labute approximate surface area is 133 Å². The van der Waals surface area contributed by atoms with Gasteiger partial charge < -0.3 is 4.90 Å². The Kier molecular flexibility index (Phi) is 2.61. The zero-order valence-electron chi connectivity index (χ0n) is 12.5.